The van der Waals surface area contributed by atoms with Crippen LogP contribution in [0.3, 0.4) is 0 Å². The summed E-state index contributed by atoms with van der Waals surface area (Å²) in [5, 5.41) is 13.8. The largest absolute Gasteiger partial charge is 0.492 e. The van der Waals surface area contributed by atoms with Crippen LogP contribution in [0, 0.1) is 5.82 Å². The molecule has 0 aliphatic carbocycles. The first-order valence-electron chi connectivity index (χ1n) is 8.53. The third-order valence-corrected chi connectivity index (χ3v) is 4.05. The van der Waals surface area contributed by atoms with Gasteiger partial charge in [0.25, 0.3) is 0 Å². The van der Waals surface area contributed by atoms with Gasteiger partial charge in [-0.25, -0.2) is 9.18 Å². The molecule has 0 spiro atoms. The van der Waals surface area contributed by atoms with Crippen molar-refractivity contribution in [3.8, 4) is 5.75 Å². The number of benzene rings is 1. The summed E-state index contributed by atoms with van der Waals surface area (Å²) >= 11 is 0. The van der Waals surface area contributed by atoms with E-state index in [-0.39, 0.29) is 18.5 Å². The molecule has 0 saturated heterocycles. The molecule has 134 valence electrons. The van der Waals surface area contributed by atoms with Gasteiger partial charge in [-0.05, 0) is 25.0 Å². The second-order valence-electron chi connectivity index (χ2n) is 5.91. The molecule has 0 fully saturated rings. The van der Waals surface area contributed by atoms with Gasteiger partial charge < -0.3 is 19.9 Å². The lowest BCUT2D eigenvalue weighted by molar-refractivity contribution is 0.235. The summed E-state index contributed by atoms with van der Waals surface area (Å²) in [6.45, 7) is 1.82. The number of hydrogen-bond acceptors (Lipinski definition) is 4. The molecule has 2 aromatic rings. The summed E-state index contributed by atoms with van der Waals surface area (Å²) in [5.41, 5.74) is 0. The maximum Gasteiger partial charge on any atom is 0.315 e. The molecule has 2 heterocycles. The lowest BCUT2D eigenvalue weighted by atomic mass is 10.2. The van der Waals surface area contributed by atoms with Crippen molar-refractivity contribution in [2.45, 2.75) is 38.8 Å². The van der Waals surface area contributed by atoms with Crippen molar-refractivity contribution in [3.63, 3.8) is 0 Å². The Labute approximate surface area is 145 Å². The highest BCUT2D eigenvalue weighted by Gasteiger charge is 2.14. The Balaban J connectivity index is 1.38. The van der Waals surface area contributed by atoms with Gasteiger partial charge in [-0.3, -0.25) is 0 Å². The Hall–Kier alpha value is -2.64. The number of halogens is 1. The van der Waals surface area contributed by atoms with Crippen molar-refractivity contribution >= 4 is 6.03 Å². The Bertz CT molecular complexity index is 719. The fourth-order valence-electron chi connectivity index (χ4n) is 2.79. The molecule has 0 saturated carbocycles. The van der Waals surface area contributed by atoms with Crippen molar-refractivity contribution in [1.29, 1.82) is 0 Å². The number of amides is 2. The molecule has 1 aromatic heterocycles. The second kappa shape index (κ2) is 8.46. The molecule has 0 bridgehead atoms. The zero-order valence-corrected chi connectivity index (χ0v) is 14.0. The van der Waals surface area contributed by atoms with Crippen LogP contribution < -0.4 is 15.4 Å². The number of ether oxygens (including phenoxy) is 1. The van der Waals surface area contributed by atoms with E-state index in [4.69, 9.17) is 4.74 Å². The summed E-state index contributed by atoms with van der Waals surface area (Å²) in [6, 6.07) is 5.60. The van der Waals surface area contributed by atoms with Crippen LogP contribution in [0.5, 0.6) is 5.75 Å². The Morgan fingerprint density at radius 3 is 3.04 bits per heavy atom. The first-order chi connectivity index (χ1) is 12.2. The van der Waals surface area contributed by atoms with Crippen molar-refractivity contribution in [1.82, 2.24) is 25.4 Å². The highest BCUT2D eigenvalue weighted by atomic mass is 19.1. The molecule has 2 N–H and O–H groups in total. The summed E-state index contributed by atoms with van der Waals surface area (Å²) in [7, 11) is 0. The Morgan fingerprint density at radius 2 is 2.16 bits per heavy atom. The monoisotopic (exact) mass is 347 g/mol. The van der Waals surface area contributed by atoms with E-state index in [1.165, 1.54) is 18.6 Å². The van der Waals surface area contributed by atoms with E-state index in [2.05, 4.69) is 25.4 Å². The first-order valence-corrected chi connectivity index (χ1v) is 8.53. The molecule has 1 aliphatic heterocycles. The van der Waals surface area contributed by atoms with Gasteiger partial charge >= 0.3 is 6.03 Å². The minimum absolute atomic E-state index is 0.261. The molecule has 8 heteroatoms. The zero-order valence-electron chi connectivity index (χ0n) is 14.0. The quantitative estimate of drug-likeness (QED) is 0.784. The predicted molar refractivity (Wildman–Crippen MR) is 89.7 cm³/mol. The summed E-state index contributed by atoms with van der Waals surface area (Å²) < 4.78 is 20.5. The summed E-state index contributed by atoms with van der Waals surface area (Å²) in [4.78, 5) is 11.8. The van der Waals surface area contributed by atoms with Crippen molar-refractivity contribution < 1.29 is 13.9 Å². The van der Waals surface area contributed by atoms with Crippen LogP contribution in [0.25, 0.3) is 0 Å². The molecule has 0 unspecified atom stereocenters. The smallest absolute Gasteiger partial charge is 0.315 e. The van der Waals surface area contributed by atoms with E-state index in [0.717, 1.165) is 37.5 Å². The molecule has 0 radical (unpaired) electrons. The van der Waals surface area contributed by atoms with Crippen LogP contribution in [-0.2, 0) is 19.5 Å². The molecule has 1 aliphatic rings. The van der Waals surface area contributed by atoms with Crippen LogP contribution >= 0.6 is 0 Å². The van der Waals surface area contributed by atoms with Gasteiger partial charge in [0, 0.05) is 19.0 Å². The Kier molecular flexibility index (Phi) is 5.81. The van der Waals surface area contributed by atoms with Gasteiger partial charge in [-0.1, -0.05) is 12.5 Å². The molecule has 1 aromatic carbocycles. The van der Waals surface area contributed by atoms with Crippen molar-refractivity contribution in [2.24, 2.45) is 0 Å². The lowest BCUT2D eigenvalue weighted by Crippen LogP contribution is -2.37. The molecular formula is C17H22FN5O2. The summed E-state index contributed by atoms with van der Waals surface area (Å²) in [5.74, 6) is 1.87. The zero-order chi connectivity index (χ0) is 17.5. The highest BCUT2D eigenvalue weighted by Crippen LogP contribution is 2.14. The third kappa shape index (κ3) is 4.91. The van der Waals surface area contributed by atoms with Gasteiger partial charge in [-0.2, -0.15) is 0 Å². The standard InChI is InChI=1S/C17H22FN5O2/c18-13-5-4-6-14(11-13)25-10-8-19-17(24)20-12-16-22-21-15-7-2-1-3-9-23(15)16/h4-6,11H,1-3,7-10,12H2,(H2,19,20,24). The fourth-order valence-corrected chi connectivity index (χ4v) is 2.79. The van der Waals surface area contributed by atoms with Crippen LogP contribution in [0.1, 0.15) is 30.9 Å². The Morgan fingerprint density at radius 1 is 1.24 bits per heavy atom. The molecule has 25 heavy (non-hydrogen) atoms. The maximum absolute atomic E-state index is 13.0. The van der Waals surface area contributed by atoms with Gasteiger partial charge in [-0.15, -0.1) is 10.2 Å². The van der Waals surface area contributed by atoms with Gasteiger partial charge in [0.05, 0.1) is 13.1 Å². The second-order valence-corrected chi connectivity index (χ2v) is 5.91. The number of urea groups is 1. The molecule has 0 atom stereocenters. The number of aryl methyl sites for hydroxylation is 1. The number of carbonyl (C=O) groups excluding carboxylic acids is 1. The van der Waals surface area contributed by atoms with Gasteiger partial charge in [0.1, 0.15) is 24.0 Å². The summed E-state index contributed by atoms with van der Waals surface area (Å²) in [6.07, 6.45) is 4.39. The highest BCUT2D eigenvalue weighted by molar-refractivity contribution is 5.73. The van der Waals surface area contributed by atoms with E-state index in [9.17, 15) is 9.18 Å². The maximum atomic E-state index is 13.0. The minimum atomic E-state index is -0.351. The van der Waals surface area contributed by atoms with Crippen molar-refractivity contribution in [2.75, 3.05) is 13.2 Å². The van der Waals surface area contributed by atoms with Crippen molar-refractivity contribution in [3.05, 3.63) is 41.7 Å². The topological polar surface area (TPSA) is 81.1 Å². The third-order valence-electron chi connectivity index (χ3n) is 4.05. The number of hydrogen-bond donors (Lipinski definition) is 2. The van der Waals surface area contributed by atoms with Crippen LogP contribution in [0.4, 0.5) is 9.18 Å². The number of nitrogens with one attached hydrogen (secondary N) is 2. The van der Waals surface area contributed by atoms with Crippen LogP contribution in [-0.4, -0.2) is 33.9 Å². The number of fused-ring (bicyclic) bond motifs is 1. The van der Waals surface area contributed by atoms with E-state index in [1.807, 2.05) is 0 Å². The molecule has 3 rings (SSSR count). The van der Waals surface area contributed by atoms with Crippen LogP contribution in [0.15, 0.2) is 24.3 Å². The average Bonchev–Trinajstić information content (AvgIpc) is 2.83. The number of rotatable bonds is 6. The van der Waals surface area contributed by atoms with E-state index >= 15 is 0 Å². The van der Waals surface area contributed by atoms with Crippen LogP contribution in [0.2, 0.25) is 0 Å². The van der Waals surface area contributed by atoms with Gasteiger partial charge in [0.15, 0.2) is 5.82 Å². The van der Waals surface area contributed by atoms with E-state index in [0.29, 0.717) is 18.8 Å². The van der Waals surface area contributed by atoms with Gasteiger partial charge in [0.2, 0.25) is 0 Å². The molecule has 2 amide bonds. The number of carbonyl (C=O) groups is 1. The SMILES string of the molecule is O=C(NCCOc1cccc(F)c1)NCc1nnc2n1CCCCC2. The van der Waals surface area contributed by atoms with E-state index < -0.39 is 0 Å². The normalized spacial score (nSPS) is 13.6. The average molecular weight is 347 g/mol. The van der Waals surface area contributed by atoms with E-state index in [1.54, 1.807) is 12.1 Å². The number of nitrogens with zero attached hydrogens (tertiary/aromatic N) is 3. The lowest BCUT2D eigenvalue weighted by Gasteiger charge is -2.10. The fraction of sp³-hybridized carbons (Fsp3) is 0.471. The molecular weight excluding hydrogens is 325 g/mol. The minimum Gasteiger partial charge on any atom is -0.492 e. The predicted octanol–water partition coefficient (Wildman–Crippen LogP) is 2.02. The first kappa shape index (κ1) is 17.2. The molecule has 7 nitrogen and oxygen atoms in total. The number of aromatic nitrogens is 3.